The third kappa shape index (κ3) is 6.77. The van der Waals surface area contributed by atoms with Crippen LogP contribution in [0.25, 0.3) is 0 Å². The molecule has 2 fully saturated rings. The van der Waals surface area contributed by atoms with Crippen LogP contribution in [0.1, 0.15) is 72.0 Å². The summed E-state index contributed by atoms with van der Waals surface area (Å²) >= 11 is 0. The van der Waals surface area contributed by atoms with Gasteiger partial charge in [0.2, 0.25) is 18.0 Å². The fraction of sp³-hybridized carbons (Fsp3) is 0.500. The summed E-state index contributed by atoms with van der Waals surface area (Å²) in [5, 5.41) is 6.63. The quantitative estimate of drug-likeness (QED) is 0.255. The predicted molar refractivity (Wildman–Crippen MR) is 164 cm³/mol. The maximum atomic E-state index is 14.3. The molecule has 16 nitrogen and oxygen atoms in total. The number of halogens is 2. The molecule has 264 valence electrons. The molecule has 2 aromatic rings. The Morgan fingerprint density at radius 1 is 1.22 bits per heavy atom. The topological polar surface area (TPSA) is 199 Å². The number of nitrogens with one attached hydrogen (secondary N) is 1. The van der Waals surface area contributed by atoms with Crippen LogP contribution < -0.4 is 15.5 Å². The molecule has 2 bridgehead atoms. The monoisotopic (exact) mass is 709 g/mol. The maximum Gasteiger partial charge on any atom is 0.469 e. The number of phosphoric ester groups is 1. The Hall–Kier alpha value is -4.38. The van der Waals surface area contributed by atoms with Crippen molar-refractivity contribution in [2.75, 3.05) is 26.5 Å². The molecule has 1 aromatic carbocycles. The molecular formula is C30H34F2N5O11P. The fourth-order valence-corrected chi connectivity index (χ4v) is 6.97. The first-order chi connectivity index (χ1) is 23.2. The van der Waals surface area contributed by atoms with Gasteiger partial charge in [0, 0.05) is 49.9 Å². The van der Waals surface area contributed by atoms with Crippen LogP contribution in [0.15, 0.2) is 34.3 Å². The average molecular weight is 710 g/mol. The number of phosphoric acid groups is 1. The van der Waals surface area contributed by atoms with Gasteiger partial charge in [0.05, 0.1) is 24.4 Å². The molecule has 2 saturated heterocycles. The average Bonchev–Trinajstić information content (AvgIpc) is 3.34. The van der Waals surface area contributed by atoms with Gasteiger partial charge in [0.25, 0.3) is 11.8 Å². The van der Waals surface area contributed by atoms with Crippen LogP contribution in [0.4, 0.5) is 13.6 Å². The largest absolute Gasteiger partial charge is 0.469 e. The Morgan fingerprint density at radius 3 is 2.65 bits per heavy atom. The van der Waals surface area contributed by atoms with Gasteiger partial charge in [-0.05, 0) is 39.2 Å². The van der Waals surface area contributed by atoms with E-state index in [0.717, 1.165) is 22.7 Å². The number of likely N-dealkylation sites (tertiary alicyclic amines) is 1. The van der Waals surface area contributed by atoms with E-state index in [1.807, 2.05) is 6.92 Å². The third-order valence-electron chi connectivity index (χ3n) is 9.32. The van der Waals surface area contributed by atoms with E-state index in [0.29, 0.717) is 31.7 Å². The molecule has 3 amide bonds. The van der Waals surface area contributed by atoms with Gasteiger partial charge in [-0.1, -0.05) is 11.2 Å². The number of ether oxygens (including phenoxy) is 2. The summed E-state index contributed by atoms with van der Waals surface area (Å²) in [6.07, 6.45) is 2.15. The van der Waals surface area contributed by atoms with Crippen LogP contribution in [-0.2, 0) is 25.2 Å². The third-order valence-corrected chi connectivity index (χ3v) is 9.81. The van der Waals surface area contributed by atoms with Gasteiger partial charge in [-0.2, -0.15) is 0 Å². The number of rotatable bonds is 9. The zero-order valence-corrected chi connectivity index (χ0v) is 27.4. The van der Waals surface area contributed by atoms with Crippen molar-refractivity contribution in [2.45, 2.75) is 69.8 Å². The number of carbonyl (C=O) groups excluding carboxylic acids is 3. The van der Waals surface area contributed by atoms with Gasteiger partial charge in [-0.15, -0.1) is 0 Å². The van der Waals surface area contributed by atoms with E-state index >= 15 is 0 Å². The van der Waals surface area contributed by atoms with Crippen molar-refractivity contribution >= 4 is 31.4 Å². The van der Waals surface area contributed by atoms with Crippen molar-refractivity contribution in [1.29, 1.82) is 0 Å². The standard InChI is InChI=1S/C30H34F2N5O11P/c1-16-10-30(48-34-16)7-5-17(2)36-13-23(30)37-12-21(27(39)33-11-18-3-4-19(31)9-22(18)32)25(38)26(24(37)28(36)40)45-15-46-29(41)35-8-6-20(35)14-47-49(42,43)44/h3-4,9,12,17,20,23H,5-8,10-11,13-15H2,1-2H3,(H,33,39)(H2,42,43,44)/t17-,20-,23+,30-/m0/s1. The van der Waals surface area contributed by atoms with Crippen molar-refractivity contribution in [2.24, 2.45) is 5.16 Å². The lowest BCUT2D eigenvalue weighted by Gasteiger charge is -2.42. The molecule has 1 spiro atoms. The van der Waals surface area contributed by atoms with Crippen molar-refractivity contribution < 1.29 is 56.4 Å². The minimum atomic E-state index is -4.77. The normalized spacial score (nSPS) is 24.4. The molecule has 1 aromatic heterocycles. The highest BCUT2D eigenvalue weighted by Gasteiger charge is 2.54. The number of carbonyl (C=O) groups is 3. The SMILES string of the molecule is CC1=NO[C@@]2(CC[C@H](C)N3C[C@H]2n2cc(C(=O)NCc4ccc(F)cc4F)c(=O)c(OCOC(=O)N4CC[C@H]4COP(=O)(O)O)c2C3=O)C1. The highest BCUT2D eigenvalue weighted by atomic mass is 31.2. The van der Waals surface area contributed by atoms with Gasteiger partial charge < -0.3 is 43.8 Å². The Balaban J connectivity index is 1.32. The van der Waals surface area contributed by atoms with Crippen LogP contribution in [0.2, 0.25) is 0 Å². The zero-order chi connectivity index (χ0) is 35.2. The lowest BCUT2D eigenvalue weighted by atomic mass is 9.84. The van der Waals surface area contributed by atoms with E-state index in [4.69, 9.17) is 24.1 Å². The van der Waals surface area contributed by atoms with Crippen molar-refractivity contribution in [3.63, 3.8) is 0 Å². The highest BCUT2D eigenvalue weighted by molar-refractivity contribution is 7.46. The first kappa shape index (κ1) is 34.5. The van der Waals surface area contributed by atoms with Gasteiger partial charge in [-0.3, -0.25) is 18.9 Å². The molecule has 4 aliphatic rings. The minimum Gasteiger partial charge on any atom is -0.451 e. The van der Waals surface area contributed by atoms with E-state index in [2.05, 4.69) is 15.0 Å². The molecule has 0 unspecified atom stereocenters. The summed E-state index contributed by atoms with van der Waals surface area (Å²) in [5.74, 6) is -3.78. The lowest BCUT2D eigenvalue weighted by molar-refractivity contribution is -0.0658. The van der Waals surface area contributed by atoms with Crippen molar-refractivity contribution in [3.05, 3.63) is 63.1 Å². The molecule has 4 aliphatic heterocycles. The number of hydrogen-bond acceptors (Lipinski definition) is 10. The molecule has 3 N–H and O–H groups in total. The summed E-state index contributed by atoms with van der Waals surface area (Å²) in [6, 6.07) is 1.26. The fourth-order valence-electron chi connectivity index (χ4n) is 6.60. The number of fused-ring (bicyclic) bond motifs is 5. The van der Waals surface area contributed by atoms with Crippen LogP contribution in [0.5, 0.6) is 5.75 Å². The Labute approximate surface area is 277 Å². The van der Waals surface area contributed by atoms with Crippen molar-refractivity contribution in [1.82, 2.24) is 19.7 Å². The van der Waals surface area contributed by atoms with Crippen molar-refractivity contribution in [3.8, 4) is 5.75 Å². The summed E-state index contributed by atoms with van der Waals surface area (Å²) in [7, 11) is -4.77. The number of aromatic nitrogens is 1. The first-order valence-corrected chi connectivity index (χ1v) is 17.0. The molecule has 19 heteroatoms. The second-order valence-corrected chi connectivity index (χ2v) is 13.7. The van der Waals surface area contributed by atoms with Crippen LogP contribution in [0, 0.1) is 11.6 Å². The second-order valence-electron chi connectivity index (χ2n) is 12.5. The highest BCUT2D eigenvalue weighted by Crippen LogP contribution is 2.46. The van der Waals surface area contributed by atoms with Gasteiger partial charge in [0.1, 0.15) is 17.2 Å². The van der Waals surface area contributed by atoms with Gasteiger partial charge >= 0.3 is 13.9 Å². The summed E-state index contributed by atoms with van der Waals surface area (Å²) in [4.78, 5) is 80.9. The van der Waals surface area contributed by atoms with Gasteiger partial charge in [-0.25, -0.2) is 18.1 Å². The number of oxime groups is 1. The number of pyridine rings is 1. The van der Waals surface area contributed by atoms with E-state index in [1.165, 1.54) is 10.8 Å². The van der Waals surface area contributed by atoms with E-state index in [-0.39, 0.29) is 30.4 Å². The number of amides is 3. The molecular weight excluding hydrogens is 675 g/mol. The molecule has 4 atom stereocenters. The number of nitrogens with zero attached hydrogens (tertiary/aromatic N) is 4. The van der Waals surface area contributed by atoms with Crippen LogP contribution >= 0.6 is 7.82 Å². The minimum absolute atomic E-state index is 0.0406. The van der Waals surface area contributed by atoms with Gasteiger partial charge in [0.15, 0.2) is 11.3 Å². The maximum absolute atomic E-state index is 14.3. The molecule has 49 heavy (non-hydrogen) atoms. The summed E-state index contributed by atoms with van der Waals surface area (Å²) < 4.78 is 55.6. The number of hydrogen-bond donors (Lipinski definition) is 3. The number of benzene rings is 1. The van der Waals surface area contributed by atoms with E-state index in [9.17, 15) is 32.5 Å². The Morgan fingerprint density at radius 2 is 2.00 bits per heavy atom. The van der Waals surface area contributed by atoms with E-state index < -0.39 is 91.7 Å². The lowest BCUT2D eigenvalue weighted by Crippen LogP contribution is -2.53. The molecule has 6 rings (SSSR count). The smallest absolute Gasteiger partial charge is 0.451 e. The summed E-state index contributed by atoms with van der Waals surface area (Å²) in [5.41, 5.74) is -1.91. The Kier molecular flexibility index (Phi) is 9.25. The zero-order valence-electron chi connectivity index (χ0n) is 26.5. The Bertz CT molecular complexity index is 1830. The van der Waals surface area contributed by atoms with E-state index in [1.54, 1.807) is 11.8 Å². The molecule has 0 saturated carbocycles. The van der Waals surface area contributed by atoms with Crippen LogP contribution in [-0.4, -0.2) is 91.9 Å². The second kappa shape index (κ2) is 13.2. The first-order valence-electron chi connectivity index (χ1n) is 15.5. The predicted octanol–water partition coefficient (Wildman–Crippen LogP) is 2.43. The molecule has 5 heterocycles. The van der Waals surface area contributed by atoms with Crippen LogP contribution in [0.3, 0.4) is 0 Å². The molecule has 0 radical (unpaired) electrons. The summed E-state index contributed by atoms with van der Waals surface area (Å²) in [6.45, 7) is 2.34. The molecule has 0 aliphatic carbocycles.